The number of aromatic hydroxyl groups is 1. The second kappa shape index (κ2) is 4.05. The lowest BCUT2D eigenvalue weighted by Gasteiger charge is -2.11. The number of phenolic OH excluding ortho intramolecular Hbond substituents is 1. The van der Waals surface area contributed by atoms with Crippen LogP contribution in [-0.4, -0.2) is 5.11 Å². The van der Waals surface area contributed by atoms with E-state index in [0.717, 1.165) is 0 Å². The van der Waals surface area contributed by atoms with Crippen LogP contribution in [0, 0.1) is 0 Å². The first-order valence-electron chi connectivity index (χ1n) is 3.57. The Morgan fingerprint density at radius 1 is 1.54 bits per heavy atom. The Labute approximate surface area is 94.8 Å². The number of halogens is 3. The van der Waals surface area contributed by atoms with Crippen molar-refractivity contribution in [3.63, 3.8) is 0 Å². The molecule has 0 fully saturated rings. The van der Waals surface area contributed by atoms with Gasteiger partial charge in [0.15, 0.2) is 0 Å². The zero-order chi connectivity index (χ0) is 10.2. The molecule has 0 bridgehead atoms. The summed E-state index contributed by atoms with van der Waals surface area (Å²) < 4.78 is 0.383. The maximum Gasteiger partial charge on any atom is 0.136 e. The Kier molecular flexibility index (Phi) is 3.46. The normalized spacial score (nSPS) is 13.0. The molecule has 0 heterocycles. The molecule has 0 aliphatic rings. The lowest BCUT2D eigenvalue weighted by atomic mass is 10.1. The van der Waals surface area contributed by atoms with Gasteiger partial charge in [0.1, 0.15) is 5.75 Å². The van der Waals surface area contributed by atoms with Gasteiger partial charge in [0, 0.05) is 11.6 Å². The van der Waals surface area contributed by atoms with Crippen molar-refractivity contribution >= 4 is 39.1 Å². The van der Waals surface area contributed by atoms with E-state index in [4.69, 9.17) is 28.9 Å². The first-order valence-corrected chi connectivity index (χ1v) is 5.12. The maximum atomic E-state index is 9.60. The molecule has 0 aliphatic heterocycles. The summed E-state index contributed by atoms with van der Waals surface area (Å²) in [4.78, 5) is 0. The van der Waals surface area contributed by atoms with Gasteiger partial charge < -0.3 is 10.8 Å². The monoisotopic (exact) mass is 283 g/mol. The van der Waals surface area contributed by atoms with Gasteiger partial charge in [-0.25, -0.2) is 0 Å². The number of hydrogen-bond acceptors (Lipinski definition) is 2. The summed E-state index contributed by atoms with van der Waals surface area (Å²) in [5.41, 5.74) is 6.19. The van der Waals surface area contributed by atoms with Crippen LogP contribution in [0.15, 0.2) is 10.5 Å². The van der Waals surface area contributed by atoms with Gasteiger partial charge in [-0.15, -0.1) is 0 Å². The van der Waals surface area contributed by atoms with Crippen molar-refractivity contribution in [3.8, 4) is 5.75 Å². The minimum absolute atomic E-state index is 0.0457. The molecule has 0 aliphatic carbocycles. The molecule has 13 heavy (non-hydrogen) atoms. The van der Waals surface area contributed by atoms with Crippen LogP contribution in [0.25, 0.3) is 0 Å². The van der Waals surface area contributed by atoms with Crippen LogP contribution < -0.4 is 5.73 Å². The molecule has 1 aromatic carbocycles. The van der Waals surface area contributed by atoms with Crippen LogP contribution in [0.4, 0.5) is 0 Å². The third-order valence-corrected chi connectivity index (χ3v) is 3.44. The van der Waals surface area contributed by atoms with E-state index in [1.54, 1.807) is 13.0 Å². The van der Waals surface area contributed by atoms with Gasteiger partial charge >= 0.3 is 0 Å². The van der Waals surface area contributed by atoms with Crippen LogP contribution in [0.5, 0.6) is 5.75 Å². The minimum atomic E-state index is -0.286. The molecule has 1 rings (SSSR count). The lowest BCUT2D eigenvalue weighted by molar-refractivity contribution is 0.460. The maximum absolute atomic E-state index is 9.60. The van der Waals surface area contributed by atoms with Gasteiger partial charge in [0.2, 0.25) is 0 Å². The molecule has 0 amide bonds. The molecule has 0 saturated heterocycles. The molecule has 2 nitrogen and oxygen atoms in total. The third-order valence-electron chi connectivity index (χ3n) is 1.66. The quantitative estimate of drug-likeness (QED) is 0.776. The van der Waals surface area contributed by atoms with E-state index in [1.165, 1.54) is 0 Å². The van der Waals surface area contributed by atoms with Gasteiger partial charge in [-0.05, 0) is 28.9 Å². The minimum Gasteiger partial charge on any atom is -0.506 e. The number of benzene rings is 1. The van der Waals surface area contributed by atoms with Gasteiger partial charge in [-0.3, -0.25) is 0 Å². The van der Waals surface area contributed by atoms with E-state index in [-0.39, 0.29) is 11.8 Å². The number of rotatable bonds is 1. The molecule has 3 N–H and O–H groups in total. The van der Waals surface area contributed by atoms with E-state index < -0.39 is 0 Å². The SMILES string of the molecule is C[C@@H](N)c1cc(Cl)c(Cl)c(Br)c1O. The number of phenols is 1. The second-order valence-corrected chi connectivity index (χ2v) is 4.29. The smallest absolute Gasteiger partial charge is 0.136 e. The Bertz CT molecular complexity index is 341. The van der Waals surface area contributed by atoms with Crippen molar-refractivity contribution in [2.75, 3.05) is 0 Å². The zero-order valence-corrected chi connectivity index (χ0v) is 9.91. The van der Waals surface area contributed by atoms with E-state index in [0.29, 0.717) is 20.1 Å². The predicted octanol–water partition coefficient (Wildman–Crippen LogP) is 3.48. The molecular formula is C8H8BrCl2NO. The molecule has 0 spiro atoms. The summed E-state index contributed by atoms with van der Waals surface area (Å²) in [6.07, 6.45) is 0. The molecule has 0 aromatic heterocycles. The largest absolute Gasteiger partial charge is 0.506 e. The van der Waals surface area contributed by atoms with Crippen LogP contribution in [0.3, 0.4) is 0 Å². The van der Waals surface area contributed by atoms with E-state index in [2.05, 4.69) is 15.9 Å². The fraction of sp³-hybridized carbons (Fsp3) is 0.250. The van der Waals surface area contributed by atoms with Crippen LogP contribution in [0.2, 0.25) is 10.0 Å². The van der Waals surface area contributed by atoms with Crippen molar-refractivity contribution in [1.82, 2.24) is 0 Å². The summed E-state index contributed by atoms with van der Waals surface area (Å²) in [6.45, 7) is 1.76. The Morgan fingerprint density at radius 3 is 2.54 bits per heavy atom. The van der Waals surface area contributed by atoms with Crippen molar-refractivity contribution in [2.45, 2.75) is 13.0 Å². The van der Waals surface area contributed by atoms with Crippen molar-refractivity contribution < 1.29 is 5.11 Å². The molecule has 72 valence electrons. The summed E-state index contributed by atoms with van der Waals surface area (Å²) >= 11 is 14.7. The number of hydrogen-bond donors (Lipinski definition) is 2. The third kappa shape index (κ3) is 2.10. The summed E-state index contributed by atoms with van der Waals surface area (Å²) in [5, 5.41) is 10.3. The van der Waals surface area contributed by atoms with Gasteiger partial charge in [-0.1, -0.05) is 23.2 Å². The van der Waals surface area contributed by atoms with Crippen molar-refractivity contribution in [3.05, 3.63) is 26.1 Å². The summed E-state index contributed by atoms with van der Waals surface area (Å²) in [7, 11) is 0. The van der Waals surface area contributed by atoms with Crippen molar-refractivity contribution in [2.24, 2.45) is 5.73 Å². The summed E-state index contributed by atoms with van der Waals surface area (Å²) in [5.74, 6) is 0.0457. The highest BCUT2D eigenvalue weighted by molar-refractivity contribution is 9.10. The molecular weight excluding hydrogens is 277 g/mol. The Morgan fingerprint density at radius 2 is 2.08 bits per heavy atom. The Hall–Kier alpha value is 0.0400. The number of nitrogens with two attached hydrogens (primary N) is 1. The highest BCUT2D eigenvalue weighted by atomic mass is 79.9. The average Bonchev–Trinajstić information content (AvgIpc) is 2.07. The van der Waals surface area contributed by atoms with E-state index in [1.807, 2.05) is 0 Å². The second-order valence-electron chi connectivity index (χ2n) is 2.71. The van der Waals surface area contributed by atoms with Gasteiger partial charge in [0.05, 0.1) is 14.5 Å². The molecule has 1 aromatic rings. The standard InChI is InChI=1S/C8H8BrCl2NO/c1-3(12)4-2-5(10)7(11)6(9)8(4)13/h2-3,13H,12H2,1H3/t3-/m1/s1. The average molecular weight is 285 g/mol. The van der Waals surface area contributed by atoms with Gasteiger partial charge in [-0.2, -0.15) is 0 Å². The fourth-order valence-corrected chi connectivity index (χ4v) is 1.86. The molecule has 0 saturated carbocycles. The first-order chi connectivity index (χ1) is 5.95. The fourth-order valence-electron chi connectivity index (χ4n) is 0.951. The van der Waals surface area contributed by atoms with E-state index in [9.17, 15) is 5.11 Å². The van der Waals surface area contributed by atoms with Gasteiger partial charge in [0.25, 0.3) is 0 Å². The molecule has 5 heteroatoms. The Balaban J connectivity index is 3.41. The van der Waals surface area contributed by atoms with Crippen LogP contribution in [-0.2, 0) is 0 Å². The predicted molar refractivity (Wildman–Crippen MR) is 58.4 cm³/mol. The highest BCUT2D eigenvalue weighted by Gasteiger charge is 2.15. The molecule has 1 atom stereocenters. The van der Waals surface area contributed by atoms with Crippen LogP contribution in [0.1, 0.15) is 18.5 Å². The molecule has 0 radical (unpaired) electrons. The summed E-state index contributed by atoms with van der Waals surface area (Å²) in [6, 6.07) is 1.28. The molecule has 0 unspecified atom stereocenters. The van der Waals surface area contributed by atoms with E-state index >= 15 is 0 Å². The lowest BCUT2D eigenvalue weighted by Crippen LogP contribution is -2.05. The first kappa shape index (κ1) is 11.1. The topological polar surface area (TPSA) is 46.2 Å². The highest BCUT2D eigenvalue weighted by Crippen LogP contribution is 2.41. The van der Waals surface area contributed by atoms with Crippen LogP contribution >= 0.6 is 39.1 Å². The van der Waals surface area contributed by atoms with Crippen molar-refractivity contribution in [1.29, 1.82) is 0 Å². The zero-order valence-electron chi connectivity index (χ0n) is 6.81.